The van der Waals surface area contributed by atoms with Crippen molar-refractivity contribution in [2.45, 2.75) is 24.5 Å². The molecule has 2 aliphatic rings. The Hall–Kier alpha value is -2.32. The van der Waals surface area contributed by atoms with Gasteiger partial charge in [-0.15, -0.1) is 0 Å². The summed E-state index contributed by atoms with van der Waals surface area (Å²) in [5, 5.41) is 17.6. The van der Waals surface area contributed by atoms with E-state index < -0.39 is 24.7 Å². The van der Waals surface area contributed by atoms with Crippen molar-refractivity contribution in [3.63, 3.8) is 0 Å². The number of piperazine rings is 1. The monoisotopic (exact) mass is 352 g/mol. The third-order valence-electron chi connectivity index (χ3n) is 4.12. The van der Waals surface area contributed by atoms with Crippen molar-refractivity contribution in [3.05, 3.63) is 29.3 Å². The number of hydrogen-bond acceptors (Lipinski definition) is 4. The van der Waals surface area contributed by atoms with Gasteiger partial charge < -0.3 is 26.0 Å². The molecule has 0 aromatic heterocycles. The van der Waals surface area contributed by atoms with E-state index in [1.165, 1.54) is 4.90 Å². The van der Waals surface area contributed by atoms with Crippen LogP contribution in [0.4, 0.5) is 10.5 Å². The number of fused-ring (bicyclic) bond motifs is 1. The number of benzene rings is 1. The molecule has 9 heteroatoms. The lowest BCUT2D eigenvalue weighted by Crippen LogP contribution is -2.62. The molecule has 0 unspecified atom stereocenters. The number of nitrogens with one attached hydrogen (secondary N) is 3. The van der Waals surface area contributed by atoms with Crippen molar-refractivity contribution in [1.29, 1.82) is 0 Å². The highest BCUT2D eigenvalue weighted by molar-refractivity contribution is 6.30. The second kappa shape index (κ2) is 6.66. The molecule has 0 bridgehead atoms. The number of aliphatic hydroxyl groups excluding tert-OH is 1. The predicted molar refractivity (Wildman–Crippen MR) is 86.5 cm³/mol. The van der Waals surface area contributed by atoms with E-state index in [-0.39, 0.29) is 24.4 Å². The van der Waals surface area contributed by atoms with Crippen LogP contribution in [0.5, 0.6) is 0 Å². The van der Waals surface area contributed by atoms with Gasteiger partial charge in [0.1, 0.15) is 12.1 Å². The number of rotatable bonds is 3. The predicted octanol–water partition coefficient (Wildman–Crippen LogP) is -0.0783. The zero-order valence-corrected chi connectivity index (χ0v) is 13.4. The minimum absolute atomic E-state index is 0.238. The molecule has 2 saturated heterocycles. The summed E-state index contributed by atoms with van der Waals surface area (Å²) in [6.07, 6.45) is 0.337. The summed E-state index contributed by atoms with van der Waals surface area (Å²) in [7, 11) is 0. The summed E-state index contributed by atoms with van der Waals surface area (Å²) in [6.45, 7) is -0.204. The maximum atomic E-state index is 12.1. The van der Waals surface area contributed by atoms with E-state index in [1.807, 2.05) is 0 Å². The van der Waals surface area contributed by atoms with Gasteiger partial charge in [-0.2, -0.15) is 0 Å². The minimum Gasteiger partial charge on any atom is -0.394 e. The van der Waals surface area contributed by atoms with E-state index in [9.17, 15) is 14.4 Å². The number of anilines is 1. The van der Waals surface area contributed by atoms with Crippen LogP contribution in [0.2, 0.25) is 5.02 Å². The van der Waals surface area contributed by atoms with Crippen LogP contribution in [0, 0.1) is 0 Å². The lowest BCUT2D eigenvalue weighted by molar-refractivity contribution is -0.148. The number of amides is 4. The smallest absolute Gasteiger partial charge is 0.319 e. The van der Waals surface area contributed by atoms with Gasteiger partial charge in [-0.3, -0.25) is 9.59 Å². The third-order valence-corrected chi connectivity index (χ3v) is 4.37. The Morgan fingerprint density at radius 1 is 1.33 bits per heavy atom. The summed E-state index contributed by atoms with van der Waals surface area (Å²) in [4.78, 5) is 37.6. The van der Waals surface area contributed by atoms with Crippen LogP contribution in [0.15, 0.2) is 24.3 Å². The van der Waals surface area contributed by atoms with Gasteiger partial charge >= 0.3 is 6.03 Å². The molecule has 1 aromatic rings. The van der Waals surface area contributed by atoms with E-state index in [0.29, 0.717) is 17.1 Å². The van der Waals surface area contributed by atoms with Crippen LogP contribution in [0.1, 0.15) is 6.42 Å². The first-order valence-corrected chi connectivity index (χ1v) is 7.90. The Balaban J connectivity index is 1.59. The average molecular weight is 353 g/mol. The topological polar surface area (TPSA) is 111 Å². The number of carbonyl (C=O) groups is 3. The summed E-state index contributed by atoms with van der Waals surface area (Å²) >= 11 is 5.79. The number of hydrogen-bond donors (Lipinski definition) is 4. The Morgan fingerprint density at radius 2 is 2.04 bits per heavy atom. The van der Waals surface area contributed by atoms with Gasteiger partial charge in [0.05, 0.1) is 12.6 Å². The van der Waals surface area contributed by atoms with Crippen molar-refractivity contribution in [2.75, 3.05) is 18.5 Å². The molecule has 24 heavy (non-hydrogen) atoms. The number of carbonyl (C=O) groups excluding carboxylic acids is 3. The molecule has 3 atom stereocenters. The summed E-state index contributed by atoms with van der Waals surface area (Å²) in [6, 6.07) is 4.38. The Labute approximate surface area is 143 Å². The second-order valence-electron chi connectivity index (χ2n) is 5.79. The summed E-state index contributed by atoms with van der Waals surface area (Å²) in [5.41, 5.74) is 0.585. The molecule has 2 heterocycles. The Morgan fingerprint density at radius 3 is 2.71 bits per heavy atom. The van der Waals surface area contributed by atoms with E-state index in [2.05, 4.69) is 16.0 Å². The lowest BCUT2D eigenvalue weighted by Gasteiger charge is -2.33. The van der Waals surface area contributed by atoms with E-state index in [4.69, 9.17) is 16.7 Å². The summed E-state index contributed by atoms with van der Waals surface area (Å²) in [5.74, 6) is -0.638. The first-order valence-electron chi connectivity index (χ1n) is 7.52. The van der Waals surface area contributed by atoms with Crippen molar-refractivity contribution in [1.82, 2.24) is 15.5 Å². The maximum absolute atomic E-state index is 12.1. The summed E-state index contributed by atoms with van der Waals surface area (Å²) < 4.78 is 0. The van der Waals surface area contributed by atoms with Gasteiger partial charge in [0.2, 0.25) is 11.8 Å². The standard InChI is InChI=1S/C15H17ClN4O4/c16-8-1-3-9(4-2-8)17-15(24)18-10-5-12-13(22)19-11(7-21)14(23)20(12)6-10/h1-4,10-12,21H,5-7H2,(H,19,22)(H2,17,18,24)/t10-,11-,12-/m0/s1. The quantitative estimate of drug-likeness (QED) is 0.610. The maximum Gasteiger partial charge on any atom is 0.319 e. The molecule has 4 N–H and O–H groups in total. The first-order chi connectivity index (χ1) is 11.5. The van der Waals surface area contributed by atoms with Gasteiger partial charge in [0.25, 0.3) is 0 Å². The average Bonchev–Trinajstić information content (AvgIpc) is 2.97. The van der Waals surface area contributed by atoms with Gasteiger partial charge in [0.15, 0.2) is 0 Å². The Bertz CT molecular complexity index is 666. The zero-order valence-electron chi connectivity index (χ0n) is 12.7. The molecule has 4 amide bonds. The van der Waals surface area contributed by atoms with Gasteiger partial charge in [0, 0.05) is 17.3 Å². The molecule has 0 saturated carbocycles. The second-order valence-corrected chi connectivity index (χ2v) is 6.22. The molecule has 3 rings (SSSR count). The number of nitrogens with zero attached hydrogens (tertiary/aromatic N) is 1. The highest BCUT2D eigenvalue weighted by Crippen LogP contribution is 2.23. The van der Waals surface area contributed by atoms with E-state index >= 15 is 0 Å². The van der Waals surface area contributed by atoms with E-state index in [1.54, 1.807) is 24.3 Å². The molecule has 0 radical (unpaired) electrons. The SMILES string of the molecule is O=C(Nc1ccc(Cl)cc1)N[C@H]1C[C@H]2C(=O)N[C@@H](CO)C(=O)N2C1. The third kappa shape index (κ3) is 3.29. The van der Waals surface area contributed by atoms with Crippen molar-refractivity contribution in [2.24, 2.45) is 0 Å². The molecule has 2 fully saturated rings. The van der Waals surface area contributed by atoms with Crippen LogP contribution in [-0.2, 0) is 9.59 Å². The van der Waals surface area contributed by atoms with Crippen molar-refractivity contribution in [3.8, 4) is 0 Å². The highest BCUT2D eigenvalue weighted by Gasteiger charge is 2.46. The zero-order chi connectivity index (χ0) is 17.3. The minimum atomic E-state index is -0.907. The molecule has 0 aliphatic carbocycles. The fourth-order valence-corrected chi connectivity index (χ4v) is 3.10. The molecular weight excluding hydrogens is 336 g/mol. The first kappa shape index (κ1) is 16.5. The van der Waals surface area contributed by atoms with E-state index in [0.717, 1.165) is 0 Å². The largest absolute Gasteiger partial charge is 0.394 e. The van der Waals surface area contributed by atoms with Crippen LogP contribution in [0.3, 0.4) is 0 Å². The Kier molecular flexibility index (Phi) is 4.59. The molecule has 128 valence electrons. The van der Waals surface area contributed by atoms with Crippen molar-refractivity contribution >= 4 is 35.1 Å². The van der Waals surface area contributed by atoms with Crippen LogP contribution < -0.4 is 16.0 Å². The number of aliphatic hydroxyl groups is 1. The number of urea groups is 1. The van der Waals surface area contributed by atoms with Gasteiger partial charge in [-0.05, 0) is 30.7 Å². The molecule has 2 aliphatic heterocycles. The molecule has 8 nitrogen and oxygen atoms in total. The van der Waals surface area contributed by atoms with Crippen LogP contribution >= 0.6 is 11.6 Å². The van der Waals surface area contributed by atoms with Gasteiger partial charge in [-0.25, -0.2) is 4.79 Å². The van der Waals surface area contributed by atoms with Crippen molar-refractivity contribution < 1.29 is 19.5 Å². The number of halogens is 1. The van der Waals surface area contributed by atoms with Gasteiger partial charge in [-0.1, -0.05) is 11.6 Å². The van der Waals surface area contributed by atoms with Crippen LogP contribution in [-0.4, -0.2) is 59.1 Å². The fraction of sp³-hybridized carbons (Fsp3) is 0.400. The normalized spacial score (nSPS) is 25.9. The molecule has 1 aromatic carbocycles. The van der Waals surface area contributed by atoms with Crippen LogP contribution in [0.25, 0.3) is 0 Å². The molecule has 0 spiro atoms. The highest BCUT2D eigenvalue weighted by atomic mass is 35.5. The fourth-order valence-electron chi connectivity index (χ4n) is 2.97. The lowest BCUT2D eigenvalue weighted by atomic mass is 10.1. The molecular formula is C15H17ClN4O4.